The van der Waals surface area contributed by atoms with Gasteiger partial charge < -0.3 is 21.1 Å². The van der Waals surface area contributed by atoms with E-state index in [2.05, 4.69) is 9.97 Å². The summed E-state index contributed by atoms with van der Waals surface area (Å²) < 4.78 is 34.0. The number of nitrogens with zero attached hydrogens (tertiary/aromatic N) is 3. The molecule has 1 unspecified atom stereocenters. The lowest BCUT2D eigenvalue weighted by atomic mass is 9.97. The highest BCUT2D eigenvalue weighted by atomic mass is 19.2. The number of fused-ring (bicyclic) bond motifs is 2. The summed E-state index contributed by atoms with van der Waals surface area (Å²) in [6, 6.07) is 13.9. The van der Waals surface area contributed by atoms with Crippen molar-refractivity contribution in [1.29, 1.82) is 0 Å². The van der Waals surface area contributed by atoms with Gasteiger partial charge in [-0.25, -0.2) is 18.7 Å². The Morgan fingerprint density at radius 3 is 2.35 bits per heavy atom. The number of hydrogen-bond donors (Lipinski definition) is 2. The van der Waals surface area contributed by atoms with Gasteiger partial charge in [-0.2, -0.15) is 0 Å². The first-order valence-electron chi connectivity index (χ1n) is 12.9. The van der Waals surface area contributed by atoms with E-state index >= 15 is 0 Å². The first-order valence-corrected chi connectivity index (χ1v) is 12.9. The van der Waals surface area contributed by atoms with Crippen LogP contribution in [0.4, 0.5) is 14.7 Å². The van der Waals surface area contributed by atoms with Gasteiger partial charge in [0.1, 0.15) is 18.3 Å². The van der Waals surface area contributed by atoms with Gasteiger partial charge in [-0.15, -0.1) is 0 Å². The normalized spacial score (nSPS) is 13.5. The third kappa shape index (κ3) is 5.48. The molecule has 206 valence electrons. The van der Waals surface area contributed by atoms with Crippen LogP contribution in [0.15, 0.2) is 54.6 Å². The van der Waals surface area contributed by atoms with Crippen molar-refractivity contribution in [2.45, 2.75) is 46.0 Å². The van der Waals surface area contributed by atoms with Gasteiger partial charge in [-0.3, -0.25) is 9.59 Å². The van der Waals surface area contributed by atoms with Crippen molar-refractivity contribution in [2.75, 3.05) is 5.73 Å². The predicted octanol–water partition coefficient (Wildman–Crippen LogP) is 4.73. The van der Waals surface area contributed by atoms with Gasteiger partial charge >= 0.3 is 5.97 Å². The fourth-order valence-electron chi connectivity index (χ4n) is 4.94. The Morgan fingerprint density at radius 2 is 1.68 bits per heavy atom. The number of benzene rings is 3. The molecule has 8 nitrogen and oxygen atoms in total. The lowest BCUT2D eigenvalue weighted by Gasteiger charge is -2.17. The number of nitrogen functional groups attached to an aromatic ring is 1. The molecule has 2 heterocycles. The van der Waals surface area contributed by atoms with Crippen molar-refractivity contribution in [2.24, 2.45) is 11.7 Å². The largest absolute Gasteiger partial charge is 0.460 e. The summed E-state index contributed by atoms with van der Waals surface area (Å²) in [6.45, 7) is 4.40. The number of amides is 1. The van der Waals surface area contributed by atoms with Crippen molar-refractivity contribution in [3.05, 3.63) is 88.6 Å². The van der Waals surface area contributed by atoms with Crippen LogP contribution in [-0.4, -0.2) is 32.8 Å². The van der Waals surface area contributed by atoms with Crippen molar-refractivity contribution < 1.29 is 23.1 Å². The second-order valence-electron chi connectivity index (χ2n) is 10.4. The molecule has 4 N–H and O–H groups in total. The number of hydrogen-bond acceptors (Lipinski definition) is 7. The fourth-order valence-corrected chi connectivity index (χ4v) is 4.94. The van der Waals surface area contributed by atoms with E-state index in [9.17, 15) is 18.4 Å². The van der Waals surface area contributed by atoms with Crippen LogP contribution < -0.4 is 11.5 Å². The van der Waals surface area contributed by atoms with Crippen LogP contribution in [0.2, 0.25) is 0 Å². The highest BCUT2D eigenvalue weighted by Crippen LogP contribution is 2.32. The van der Waals surface area contributed by atoms with Gasteiger partial charge in [0.2, 0.25) is 5.95 Å². The van der Waals surface area contributed by atoms with Crippen LogP contribution in [0.3, 0.4) is 0 Å². The highest BCUT2D eigenvalue weighted by Gasteiger charge is 2.27. The molecule has 10 heteroatoms. The van der Waals surface area contributed by atoms with Gasteiger partial charge in [-0.1, -0.05) is 44.2 Å². The van der Waals surface area contributed by atoms with Crippen molar-refractivity contribution in [1.82, 2.24) is 14.9 Å². The molecule has 3 aromatic carbocycles. The van der Waals surface area contributed by atoms with Gasteiger partial charge in [0, 0.05) is 24.0 Å². The maximum atomic E-state index is 14.4. The van der Waals surface area contributed by atoms with E-state index in [0.717, 1.165) is 23.3 Å². The van der Waals surface area contributed by atoms with Gasteiger partial charge in [-0.05, 0) is 58.9 Å². The zero-order valence-electron chi connectivity index (χ0n) is 22.2. The summed E-state index contributed by atoms with van der Waals surface area (Å²) in [5.41, 5.74) is 15.5. The number of ether oxygens (including phenoxy) is 1. The Hall–Kier alpha value is -4.44. The third-order valence-electron chi connectivity index (χ3n) is 6.90. The lowest BCUT2D eigenvalue weighted by Crippen LogP contribution is -2.33. The number of halogens is 2. The topological polar surface area (TPSA) is 124 Å². The summed E-state index contributed by atoms with van der Waals surface area (Å²) in [7, 11) is 0. The molecule has 0 spiro atoms. The Balaban J connectivity index is 1.50. The Bertz CT molecular complexity index is 1600. The molecule has 1 amide bonds. The number of anilines is 1. The SMILES string of the molecule is CC(C)CC(N)C(=O)OCc1cc(F)c(F)cc1-c1ccc2nc(N)nc(C(=O)N3Cc4ccccc4C3)c2c1. The monoisotopic (exact) mass is 545 g/mol. The maximum Gasteiger partial charge on any atom is 0.323 e. The van der Waals surface area contributed by atoms with E-state index in [1.165, 1.54) is 0 Å². The molecule has 1 aromatic heterocycles. The van der Waals surface area contributed by atoms with Crippen LogP contribution >= 0.6 is 0 Å². The molecule has 1 aliphatic rings. The van der Waals surface area contributed by atoms with Gasteiger partial charge in [0.15, 0.2) is 11.6 Å². The van der Waals surface area contributed by atoms with E-state index < -0.39 is 23.6 Å². The smallest absolute Gasteiger partial charge is 0.323 e. The van der Waals surface area contributed by atoms with E-state index in [1.807, 2.05) is 38.1 Å². The molecule has 0 saturated carbocycles. The van der Waals surface area contributed by atoms with Crippen LogP contribution in [-0.2, 0) is 29.2 Å². The standard InChI is InChI=1S/C30H29F2N5O3/c1-16(2)9-25(33)29(39)40-15-20-11-23(31)24(32)12-21(20)17-7-8-26-22(10-17)27(36-30(34)35-26)28(38)37-13-18-5-3-4-6-19(18)14-37/h3-8,10-12,16,25H,9,13-15,33H2,1-2H3,(H2,34,35,36). The van der Waals surface area contributed by atoms with E-state index in [0.29, 0.717) is 36.0 Å². The number of nitrogens with two attached hydrogens (primary N) is 2. The average Bonchev–Trinajstić information content (AvgIpc) is 3.36. The summed E-state index contributed by atoms with van der Waals surface area (Å²) in [6.07, 6.45) is 0.427. The van der Waals surface area contributed by atoms with Crippen LogP contribution in [0, 0.1) is 17.6 Å². The lowest BCUT2D eigenvalue weighted by molar-refractivity contribution is -0.146. The summed E-state index contributed by atoms with van der Waals surface area (Å²) in [5, 5.41) is 0.402. The Labute approximate surface area is 230 Å². The molecular formula is C30H29F2N5O3. The molecule has 0 bridgehead atoms. The molecule has 40 heavy (non-hydrogen) atoms. The number of aromatic nitrogens is 2. The third-order valence-corrected chi connectivity index (χ3v) is 6.90. The quantitative estimate of drug-likeness (QED) is 0.322. The van der Waals surface area contributed by atoms with Crippen LogP contribution in [0.1, 0.15) is 47.4 Å². The Kier molecular flexibility index (Phi) is 7.44. The van der Waals surface area contributed by atoms with Crippen molar-refractivity contribution in [3.8, 4) is 11.1 Å². The second-order valence-corrected chi connectivity index (χ2v) is 10.4. The van der Waals surface area contributed by atoms with Gasteiger partial charge in [0.25, 0.3) is 5.91 Å². The summed E-state index contributed by atoms with van der Waals surface area (Å²) in [4.78, 5) is 36.2. The van der Waals surface area contributed by atoms with Gasteiger partial charge in [0.05, 0.1) is 5.52 Å². The molecule has 1 atom stereocenters. The summed E-state index contributed by atoms with van der Waals surface area (Å²) >= 11 is 0. The molecule has 0 saturated heterocycles. The first kappa shape index (κ1) is 27.1. The Morgan fingerprint density at radius 1 is 1.00 bits per heavy atom. The number of carbonyl (C=O) groups is 2. The number of carbonyl (C=O) groups excluding carboxylic acids is 2. The predicted molar refractivity (Wildman–Crippen MR) is 147 cm³/mol. The zero-order chi connectivity index (χ0) is 28.6. The summed E-state index contributed by atoms with van der Waals surface area (Å²) in [5.74, 6) is -2.98. The molecule has 4 aromatic rings. The molecule has 0 fully saturated rings. The zero-order valence-corrected chi connectivity index (χ0v) is 22.2. The van der Waals surface area contributed by atoms with Crippen LogP contribution in [0.5, 0.6) is 0 Å². The molecule has 0 aliphatic carbocycles. The minimum Gasteiger partial charge on any atom is -0.460 e. The fraction of sp³-hybridized carbons (Fsp3) is 0.267. The highest BCUT2D eigenvalue weighted by molar-refractivity contribution is 6.06. The minimum absolute atomic E-state index is 0.0570. The van der Waals surface area contributed by atoms with Crippen LogP contribution in [0.25, 0.3) is 22.0 Å². The molecule has 1 aliphatic heterocycles. The average molecular weight is 546 g/mol. The van der Waals surface area contributed by atoms with E-state index in [4.69, 9.17) is 16.2 Å². The number of rotatable bonds is 7. The minimum atomic E-state index is -1.08. The second kappa shape index (κ2) is 11.0. The molecule has 0 radical (unpaired) electrons. The first-order chi connectivity index (χ1) is 19.1. The molecular weight excluding hydrogens is 516 g/mol. The van der Waals surface area contributed by atoms with Crippen molar-refractivity contribution in [3.63, 3.8) is 0 Å². The maximum absolute atomic E-state index is 14.4. The van der Waals surface area contributed by atoms with E-state index in [1.54, 1.807) is 23.1 Å². The van der Waals surface area contributed by atoms with Crippen molar-refractivity contribution >= 4 is 28.7 Å². The molecule has 5 rings (SSSR count). The number of esters is 1. The van der Waals surface area contributed by atoms with E-state index in [-0.39, 0.29) is 41.2 Å².